The first-order chi connectivity index (χ1) is 13.3. The molecule has 0 radical (unpaired) electrons. The molecule has 1 aliphatic carbocycles. The van der Waals surface area contributed by atoms with Gasteiger partial charge in [0.1, 0.15) is 0 Å². The molecule has 1 atom stereocenters. The Balaban J connectivity index is 1.45. The van der Waals surface area contributed by atoms with Gasteiger partial charge >= 0.3 is 6.18 Å². The van der Waals surface area contributed by atoms with Gasteiger partial charge in [0, 0.05) is 18.7 Å². The topological polar surface area (TPSA) is 52.6 Å². The van der Waals surface area contributed by atoms with Gasteiger partial charge < -0.3 is 0 Å². The Bertz CT molecular complexity index is 896. The molecule has 2 aliphatic rings. The molecule has 2 aromatic rings. The molecular formula is C21H21F3N2O2. The maximum atomic E-state index is 12.7. The summed E-state index contributed by atoms with van der Waals surface area (Å²) in [5, 5.41) is 8.97. The first kappa shape index (κ1) is 19.0. The molecule has 0 saturated carbocycles. The molecule has 1 fully saturated rings. The van der Waals surface area contributed by atoms with E-state index in [2.05, 4.69) is 4.90 Å². The van der Waals surface area contributed by atoms with Crippen molar-refractivity contribution in [2.45, 2.75) is 32.0 Å². The summed E-state index contributed by atoms with van der Waals surface area (Å²) in [6.07, 6.45) is -1.69. The predicted octanol–water partition coefficient (Wildman–Crippen LogP) is 3.82. The average Bonchev–Trinajstić information content (AvgIpc) is 3.22. The molecule has 1 unspecified atom stereocenters. The molecule has 7 heteroatoms. The third kappa shape index (κ3) is 3.52. The van der Waals surface area contributed by atoms with Crippen molar-refractivity contribution in [2.75, 3.05) is 13.1 Å². The Morgan fingerprint density at radius 3 is 2.57 bits per heavy atom. The Morgan fingerprint density at radius 1 is 1.14 bits per heavy atom. The smallest absolute Gasteiger partial charge is 0.298 e. The summed E-state index contributed by atoms with van der Waals surface area (Å²) in [4.78, 5) is 14.2. The Labute approximate surface area is 160 Å². The minimum Gasteiger partial charge on any atom is -0.298 e. The lowest BCUT2D eigenvalue weighted by atomic mass is 9.84. The molecule has 2 aromatic carbocycles. The summed E-state index contributed by atoms with van der Waals surface area (Å²) in [6, 6.07) is 10.9. The molecule has 1 spiro atoms. The van der Waals surface area contributed by atoms with Crippen LogP contribution >= 0.6 is 0 Å². The number of likely N-dealkylation sites (tertiary alicyclic amines) is 1. The van der Waals surface area contributed by atoms with Crippen molar-refractivity contribution in [1.29, 1.82) is 0 Å². The van der Waals surface area contributed by atoms with Crippen molar-refractivity contribution < 1.29 is 23.2 Å². The minimum atomic E-state index is -4.32. The number of carbonyl (C=O) groups excluding carboxylic acids is 1. The van der Waals surface area contributed by atoms with Crippen LogP contribution in [-0.4, -0.2) is 29.1 Å². The van der Waals surface area contributed by atoms with E-state index in [1.807, 2.05) is 12.1 Å². The van der Waals surface area contributed by atoms with Crippen LogP contribution in [0.1, 0.15) is 39.0 Å². The summed E-state index contributed by atoms with van der Waals surface area (Å²) >= 11 is 0. The van der Waals surface area contributed by atoms with Crippen LogP contribution in [0.4, 0.5) is 13.2 Å². The van der Waals surface area contributed by atoms with Crippen molar-refractivity contribution in [3.05, 3.63) is 70.3 Å². The number of hydrogen-bond acceptors (Lipinski definition) is 3. The standard InChI is InChI=1S/C21H21F3N2O2/c22-21(23,24)16-6-4-14(5-7-16)12-26-9-8-20(13-26)10-15-2-1-3-17(18(15)11-20)19(27)25-28/h1-7,28H,8-13H2,(H,25,27). The third-order valence-corrected chi connectivity index (χ3v) is 5.94. The number of carbonyl (C=O) groups is 1. The number of hydroxylamine groups is 1. The number of halogens is 3. The van der Waals surface area contributed by atoms with Crippen molar-refractivity contribution in [3.63, 3.8) is 0 Å². The fourth-order valence-electron chi connectivity index (χ4n) is 4.63. The number of alkyl halides is 3. The van der Waals surface area contributed by atoms with Crippen molar-refractivity contribution in [2.24, 2.45) is 5.41 Å². The van der Waals surface area contributed by atoms with E-state index in [-0.39, 0.29) is 5.41 Å². The van der Waals surface area contributed by atoms with E-state index in [1.54, 1.807) is 23.7 Å². The molecule has 1 amide bonds. The number of fused-ring (bicyclic) bond motifs is 1. The van der Waals surface area contributed by atoms with Crippen LogP contribution in [0.5, 0.6) is 0 Å². The second kappa shape index (κ2) is 6.90. The van der Waals surface area contributed by atoms with E-state index in [0.717, 1.165) is 61.2 Å². The van der Waals surface area contributed by atoms with Gasteiger partial charge in [-0.25, -0.2) is 5.48 Å². The Hall–Kier alpha value is -2.38. The minimum absolute atomic E-state index is 0.0417. The first-order valence-corrected chi connectivity index (χ1v) is 9.23. The predicted molar refractivity (Wildman–Crippen MR) is 96.9 cm³/mol. The number of hydrogen-bond donors (Lipinski definition) is 2. The van der Waals surface area contributed by atoms with Gasteiger partial charge in [-0.2, -0.15) is 13.2 Å². The molecule has 1 saturated heterocycles. The zero-order valence-corrected chi connectivity index (χ0v) is 15.2. The first-order valence-electron chi connectivity index (χ1n) is 9.23. The maximum absolute atomic E-state index is 12.7. The lowest BCUT2D eigenvalue weighted by Crippen LogP contribution is -2.28. The maximum Gasteiger partial charge on any atom is 0.416 e. The third-order valence-electron chi connectivity index (χ3n) is 5.94. The zero-order chi connectivity index (χ0) is 19.9. The van der Waals surface area contributed by atoms with E-state index in [0.29, 0.717) is 12.1 Å². The number of nitrogens with one attached hydrogen (secondary N) is 1. The van der Waals surface area contributed by atoms with E-state index in [9.17, 15) is 18.0 Å². The van der Waals surface area contributed by atoms with E-state index >= 15 is 0 Å². The van der Waals surface area contributed by atoms with Gasteiger partial charge in [-0.15, -0.1) is 0 Å². The highest BCUT2D eigenvalue weighted by Gasteiger charge is 2.43. The van der Waals surface area contributed by atoms with Crippen LogP contribution in [0, 0.1) is 5.41 Å². The lowest BCUT2D eigenvalue weighted by Gasteiger charge is -2.24. The van der Waals surface area contributed by atoms with Gasteiger partial charge in [0.05, 0.1) is 5.56 Å². The van der Waals surface area contributed by atoms with Gasteiger partial charge in [0.15, 0.2) is 0 Å². The molecule has 4 rings (SSSR count). The molecule has 4 nitrogen and oxygen atoms in total. The SMILES string of the molecule is O=C(NO)c1cccc2c1CC1(CCN(Cc3ccc(C(F)(F)F)cc3)C1)C2. The number of benzene rings is 2. The molecule has 2 N–H and O–H groups in total. The number of rotatable bonds is 3. The van der Waals surface area contributed by atoms with Gasteiger partial charge in [-0.1, -0.05) is 24.3 Å². The summed E-state index contributed by atoms with van der Waals surface area (Å²) in [5.41, 5.74) is 4.63. The number of nitrogens with zero attached hydrogens (tertiary/aromatic N) is 1. The van der Waals surface area contributed by atoms with Gasteiger partial charge in [0.25, 0.3) is 5.91 Å². The number of amides is 1. The highest BCUT2D eigenvalue weighted by atomic mass is 19.4. The quantitative estimate of drug-likeness (QED) is 0.619. The van der Waals surface area contributed by atoms with Crippen LogP contribution in [0.25, 0.3) is 0 Å². The molecule has 1 aliphatic heterocycles. The Kier molecular flexibility index (Phi) is 4.67. The monoisotopic (exact) mass is 390 g/mol. The summed E-state index contributed by atoms with van der Waals surface area (Å²) < 4.78 is 38.1. The molecular weight excluding hydrogens is 369 g/mol. The van der Waals surface area contributed by atoms with E-state index in [4.69, 9.17) is 5.21 Å². The summed E-state index contributed by atoms with van der Waals surface area (Å²) in [5.74, 6) is -0.492. The second-order valence-corrected chi connectivity index (χ2v) is 7.89. The van der Waals surface area contributed by atoms with Crippen molar-refractivity contribution in [1.82, 2.24) is 10.4 Å². The molecule has 1 heterocycles. The normalized spacial score (nSPS) is 21.9. The van der Waals surface area contributed by atoms with Crippen molar-refractivity contribution in [3.8, 4) is 0 Å². The van der Waals surface area contributed by atoms with Crippen LogP contribution in [0.15, 0.2) is 42.5 Å². The lowest BCUT2D eigenvalue weighted by molar-refractivity contribution is -0.137. The van der Waals surface area contributed by atoms with E-state index < -0.39 is 17.6 Å². The fourth-order valence-corrected chi connectivity index (χ4v) is 4.63. The Morgan fingerprint density at radius 2 is 1.89 bits per heavy atom. The molecule has 148 valence electrons. The van der Waals surface area contributed by atoms with E-state index in [1.165, 1.54) is 0 Å². The largest absolute Gasteiger partial charge is 0.416 e. The van der Waals surface area contributed by atoms with Gasteiger partial charge in [0.2, 0.25) is 0 Å². The highest BCUT2D eigenvalue weighted by molar-refractivity contribution is 5.95. The van der Waals surface area contributed by atoms with Crippen LogP contribution in [0.3, 0.4) is 0 Å². The highest BCUT2D eigenvalue weighted by Crippen LogP contribution is 2.45. The van der Waals surface area contributed by atoms with Crippen LogP contribution in [0.2, 0.25) is 0 Å². The average molecular weight is 390 g/mol. The van der Waals surface area contributed by atoms with Crippen LogP contribution < -0.4 is 5.48 Å². The zero-order valence-electron chi connectivity index (χ0n) is 15.2. The summed E-state index contributed by atoms with van der Waals surface area (Å²) in [7, 11) is 0. The molecule has 0 bridgehead atoms. The molecule has 28 heavy (non-hydrogen) atoms. The van der Waals surface area contributed by atoms with Crippen LogP contribution in [-0.2, 0) is 25.6 Å². The van der Waals surface area contributed by atoms with Gasteiger partial charge in [-0.05, 0) is 66.1 Å². The van der Waals surface area contributed by atoms with Gasteiger partial charge in [-0.3, -0.25) is 14.9 Å². The van der Waals surface area contributed by atoms with Crippen molar-refractivity contribution >= 4 is 5.91 Å². The fraction of sp³-hybridized carbons (Fsp3) is 0.381. The summed E-state index contributed by atoms with van der Waals surface area (Å²) in [6.45, 7) is 2.32. The second-order valence-electron chi connectivity index (χ2n) is 7.89. The molecule has 0 aromatic heterocycles.